The molecule has 0 bridgehead atoms. The minimum Gasteiger partial charge on any atom is -0.495 e. The molecule has 0 saturated carbocycles. The number of nitro groups is 1. The van der Waals surface area contributed by atoms with Gasteiger partial charge in [-0.15, -0.1) is 0 Å². The van der Waals surface area contributed by atoms with Crippen LogP contribution in [0.3, 0.4) is 0 Å². The Kier molecular flexibility index (Phi) is 13.5. The number of rotatable bonds is 5. The molecule has 3 N–H and O–H groups in total. The largest absolute Gasteiger partial charge is 0.495 e. The van der Waals surface area contributed by atoms with Crippen LogP contribution in [-0.4, -0.2) is 84.0 Å². The van der Waals surface area contributed by atoms with E-state index in [1.807, 2.05) is 19.1 Å². The number of ether oxygens (including phenoxy) is 4. The Hall–Kier alpha value is -3.28. The monoisotopic (exact) mass is 522 g/mol. The minimum absolute atomic E-state index is 0. The van der Waals surface area contributed by atoms with Gasteiger partial charge in [0.1, 0.15) is 11.5 Å². The molecule has 0 amide bonds. The number of nitro benzene ring substituents is 1. The summed E-state index contributed by atoms with van der Waals surface area (Å²) in [5.74, 6) is 1.37. The van der Waals surface area contributed by atoms with Crippen LogP contribution in [0.4, 0.5) is 22.7 Å². The molecule has 2 aliphatic rings. The third-order valence-electron chi connectivity index (χ3n) is 5.97. The minimum atomic E-state index is -0.388. The van der Waals surface area contributed by atoms with E-state index in [1.54, 1.807) is 14.0 Å². The van der Waals surface area contributed by atoms with Crippen LogP contribution in [0.25, 0.3) is 0 Å². The molecule has 0 aliphatic carbocycles. The number of aliphatic hydroxyl groups excluding tert-OH is 1. The van der Waals surface area contributed by atoms with Crippen LogP contribution in [-0.2, 0) is 9.47 Å². The lowest BCUT2D eigenvalue weighted by molar-refractivity contribution is -0.385. The highest BCUT2D eigenvalue weighted by Crippen LogP contribution is 2.35. The van der Waals surface area contributed by atoms with Gasteiger partial charge < -0.3 is 39.6 Å². The van der Waals surface area contributed by atoms with Gasteiger partial charge in [-0.25, -0.2) is 0 Å². The molecule has 37 heavy (non-hydrogen) atoms. The van der Waals surface area contributed by atoms with Gasteiger partial charge in [-0.3, -0.25) is 10.1 Å². The number of hydrogen-bond acceptors (Lipinski definition) is 10. The van der Waals surface area contributed by atoms with Crippen LogP contribution in [0.1, 0.15) is 18.6 Å². The average Bonchev–Trinajstić information content (AvgIpc) is 2.92. The summed E-state index contributed by atoms with van der Waals surface area (Å²) in [5.41, 5.74) is 10.5. The molecule has 11 heteroatoms. The lowest BCUT2D eigenvalue weighted by Gasteiger charge is -2.30. The zero-order valence-corrected chi connectivity index (χ0v) is 21.8. The topological polar surface area (TPSA) is 133 Å². The number of hydrogen-bond donors (Lipinski definition) is 2. The number of methoxy groups -OCH3 is 2. The van der Waals surface area contributed by atoms with Gasteiger partial charge in [0.2, 0.25) is 0 Å². The maximum absolute atomic E-state index is 10.9. The van der Waals surface area contributed by atoms with Crippen molar-refractivity contribution in [2.75, 3.05) is 89.5 Å². The molecule has 2 fully saturated rings. The Morgan fingerprint density at radius 3 is 1.65 bits per heavy atom. The quantitative estimate of drug-likeness (QED) is 0.342. The summed E-state index contributed by atoms with van der Waals surface area (Å²) in [6.45, 7) is 9.97. The van der Waals surface area contributed by atoms with E-state index < -0.39 is 0 Å². The molecule has 2 heterocycles. The standard InChI is InChI=1S/C12H16N2O4.C12H18N2O2.CH4O.CH4/c1-9-7-11(13-3-5-18-6-4-13)12(17-2)8-10(9)14(15)16;1-9-7-11(12(15-2)8-10(9)13)14-3-5-16-6-4-14;1-2;/h7-8H,3-6H2,1-2H3;7-8H,3-6,13H2,1-2H3;2H,1H3;1H4. The lowest BCUT2D eigenvalue weighted by atomic mass is 10.1. The van der Waals surface area contributed by atoms with E-state index in [9.17, 15) is 10.1 Å². The van der Waals surface area contributed by atoms with Crippen molar-refractivity contribution in [1.29, 1.82) is 0 Å². The fourth-order valence-electron chi connectivity index (χ4n) is 3.98. The van der Waals surface area contributed by atoms with Crippen LogP contribution >= 0.6 is 0 Å². The second kappa shape index (κ2) is 15.7. The highest BCUT2D eigenvalue weighted by molar-refractivity contribution is 5.67. The van der Waals surface area contributed by atoms with Crippen LogP contribution < -0.4 is 25.0 Å². The van der Waals surface area contributed by atoms with Gasteiger partial charge in [0.25, 0.3) is 5.69 Å². The van der Waals surface area contributed by atoms with Crippen molar-refractivity contribution in [3.8, 4) is 11.5 Å². The fourth-order valence-corrected chi connectivity index (χ4v) is 3.98. The Morgan fingerprint density at radius 2 is 1.24 bits per heavy atom. The molecule has 2 saturated heterocycles. The van der Waals surface area contributed by atoms with E-state index in [0.717, 1.165) is 74.9 Å². The molecule has 0 radical (unpaired) electrons. The van der Waals surface area contributed by atoms with Gasteiger partial charge in [0, 0.05) is 50.6 Å². The summed E-state index contributed by atoms with van der Waals surface area (Å²) < 4.78 is 21.3. The zero-order chi connectivity index (χ0) is 26.7. The van der Waals surface area contributed by atoms with E-state index in [2.05, 4.69) is 15.9 Å². The number of nitrogens with zero attached hydrogens (tertiary/aromatic N) is 3. The first-order chi connectivity index (χ1) is 17.3. The van der Waals surface area contributed by atoms with Crippen molar-refractivity contribution in [2.24, 2.45) is 0 Å². The number of aliphatic hydroxyl groups is 1. The number of nitrogens with two attached hydrogens (primary N) is 1. The average molecular weight is 523 g/mol. The molecule has 4 rings (SSSR count). The van der Waals surface area contributed by atoms with Crippen molar-refractivity contribution in [1.82, 2.24) is 0 Å². The van der Waals surface area contributed by atoms with Gasteiger partial charge in [0.05, 0.1) is 63.0 Å². The molecule has 0 atom stereocenters. The number of morpholine rings is 2. The van der Waals surface area contributed by atoms with Crippen molar-refractivity contribution in [3.63, 3.8) is 0 Å². The van der Waals surface area contributed by atoms with E-state index in [-0.39, 0.29) is 18.0 Å². The summed E-state index contributed by atoms with van der Waals surface area (Å²) in [6.07, 6.45) is 0. The smallest absolute Gasteiger partial charge is 0.276 e. The molecule has 0 spiro atoms. The van der Waals surface area contributed by atoms with E-state index >= 15 is 0 Å². The van der Waals surface area contributed by atoms with Crippen molar-refractivity contribution in [3.05, 3.63) is 45.5 Å². The van der Waals surface area contributed by atoms with Crippen LogP contribution in [0.2, 0.25) is 0 Å². The van der Waals surface area contributed by atoms with E-state index in [1.165, 1.54) is 13.2 Å². The molecular weight excluding hydrogens is 480 g/mol. The van der Waals surface area contributed by atoms with E-state index in [4.69, 9.17) is 29.8 Å². The Labute approximate surface area is 219 Å². The molecular formula is C26H42N4O7. The van der Waals surface area contributed by atoms with Crippen molar-refractivity contribution >= 4 is 22.7 Å². The van der Waals surface area contributed by atoms with Gasteiger partial charge in [-0.05, 0) is 31.5 Å². The maximum atomic E-state index is 10.9. The Morgan fingerprint density at radius 1 is 0.838 bits per heavy atom. The second-order valence-electron chi connectivity index (χ2n) is 8.15. The van der Waals surface area contributed by atoms with Crippen molar-refractivity contribution < 1.29 is 29.0 Å². The Balaban J connectivity index is 0.000000340. The first kappa shape index (κ1) is 31.7. The second-order valence-corrected chi connectivity index (χ2v) is 8.15. The first-order valence-electron chi connectivity index (χ1n) is 11.7. The Bertz CT molecular complexity index is 991. The molecule has 208 valence electrons. The number of benzene rings is 2. The summed E-state index contributed by atoms with van der Waals surface area (Å²) in [4.78, 5) is 14.9. The first-order valence-corrected chi connectivity index (χ1v) is 11.7. The van der Waals surface area contributed by atoms with Crippen molar-refractivity contribution in [2.45, 2.75) is 21.3 Å². The van der Waals surface area contributed by atoms with Gasteiger partial charge in [-0.1, -0.05) is 7.43 Å². The van der Waals surface area contributed by atoms with Gasteiger partial charge in [0.15, 0.2) is 0 Å². The van der Waals surface area contributed by atoms with Gasteiger partial charge in [-0.2, -0.15) is 0 Å². The molecule has 11 nitrogen and oxygen atoms in total. The fraction of sp³-hybridized carbons (Fsp3) is 0.538. The third kappa shape index (κ3) is 8.38. The zero-order valence-electron chi connectivity index (χ0n) is 21.8. The maximum Gasteiger partial charge on any atom is 0.276 e. The number of nitrogen functional groups attached to an aromatic ring is 1. The SMILES string of the molecule is C.CO.COc1cc(N)c(C)cc1N1CCOCC1.COc1cc([N+](=O)[O-])c(C)cc1N1CCOCC1. The van der Waals surface area contributed by atoms with Crippen LogP contribution in [0, 0.1) is 24.0 Å². The number of anilines is 3. The predicted octanol–water partition coefficient (Wildman–Crippen LogP) is 3.42. The summed E-state index contributed by atoms with van der Waals surface area (Å²) in [6, 6.07) is 7.27. The molecule has 2 aliphatic heterocycles. The molecule has 2 aromatic carbocycles. The molecule has 0 unspecified atom stereocenters. The predicted molar refractivity (Wildman–Crippen MR) is 147 cm³/mol. The highest BCUT2D eigenvalue weighted by atomic mass is 16.6. The highest BCUT2D eigenvalue weighted by Gasteiger charge is 2.21. The normalized spacial score (nSPS) is 14.8. The van der Waals surface area contributed by atoms with Crippen LogP contribution in [0.5, 0.6) is 11.5 Å². The lowest BCUT2D eigenvalue weighted by Crippen LogP contribution is -2.36. The third-order valence-corrected chi connectivity index (χ3v) is 5.97. The summed E-state index contributed by atoms with van der Waals surface area (Å²) in [7, 11) is 4.20. The summed E-state index contributed by atoms with van der Waals surface area (Å²) >= 11 is 0. The van der Waals surface area contributed by atoms with E-state index in [0.29, 0.717) is 24.5 Å². The number of aryl methyl sites for hydroxylation is 2. The van der Waals surface area contributed by atoms with Gasteiger partial charge >= 0.3 is 0 Å². The molecule has 0 aromatic heterocycles. The molecule has 2 aromatic rings. The van der Waals surface area contributed by atoms with Crippen LogP contribution in [0.15, 0.2) is 24.3 Å². The summed E-state index contributed by atoms with van der Waals surface area (Å²) in [5, 5.41) is 17.9.